The first kappa shape index (κ1) is 25.0. The molecule has 0 saturated heterocycles. The van der Waals surface area contributed by atoms with Crippen molar-refractivity contribution in [2.24, 2.45) is 10.8 Å². The summed E-state index contributed by atoms with van der Waals surface area (Å²) in [5, 5.41) is 18.9. The van der Waals surface area contributed by atoms with Gasteiger partial charge >= 0.3 is 35.0 Å². The number of carboxylic acid groups (broad SMARTS) is 2. The maximum atomic E-state index is 11.6. The molecule has 0 aliphatic heterocycles. The van der Waals surface area contributed by atoms with E-state index in [1.54, 1.807) is 20.8 Å². The summed E-state index contributed by atoms with van der Waals surface area (Å²) in [5.74, 6) is -2.43. The Hall–Kier alpha value is -0.294. The zero-order valence-electron chi connectivity index (χ0n) is 14.8. The van der Waals surface area contributed by atoms with Crippen LogP contribution >= 0.6 is 0 Å². The van der Waals surface area contributed by atoms with Crippen LogP contribution in [0.25, 0.3) is 0 Å². The second-order valence-corrected chi connectivity index (χ2v) is 7.34. The third kappa shape index (κ3) is 7.88. The van der Waals surface area contributed by atoms with Gasteiger partial charge in [-0.1, -0.05) is 85.5 Å². The second-order valence-electron chi connectivity index (χ2n) is 7.34. The Bertz CT molecular complexity index is 333. The van der Waals surface area contributed by atoms with Crippen LogP contribution in [0.15, 0.2) is 0 Å². The molecule has 0 atom stereocenters. The highest BCUT2D eigenvalue weighted by Crippen LogP contribution is 2.43. The maximum absolute atomic E-state index is 11.6. The number of rotatable bonds is 12. The van der Waals surface area contributed by atoms with Gasteiger partial charge in [0.1, 0.15) is 0 Å². The normalized spacial score (nSPS) is 11.8. The summed E-state index contributed by atoms with van der Waals surface area (Å²) in [4.78, 5) is 23.2. The first-order chi connectivity index (χ1) is 10.2. The van der Waals surface area contributed by atoms with Crippen molar-refractivity contribution in [1.29, 1.82) is 0 Å². The molecule has 0 aromatic rings. The van der Waals surface area contributed by atoms with E-state index in [2.05, 4.69) is 6.92 Å². The Balaban J connectivity index is 0. The summed E-state index contributed by atoms with van der Waals surface area (Å²) < 4.78 is 0. The van der Waals surface area contributed by atoms with Crippen LogP contribution in [-0.4, -0.2) is 45.2 Å². The van der Waals surface area contributed by atoms with Gasteiger partial charge in [0.25, 0.3) is 0 Å². The van der Waals surface area contributed by atoms with Crippen LogP contribution in [0.3, 0.4) is 0 Å². The average Bonchev–Trinajstić information content (AvgIpc) is 2.38. The topological polar surface area (TPSA) is 74.6 Å². The van der Waals surface area contributed by atoms with Gasteiger partial charge < -0.3 is 10.2 Å². The molecule has 0 heterocycles. The van der Waals surface area contributed by atoms with Crippen molar-refractivity contribution in [3.05, 3.63) is 0 Å². The second kappa shape index (κ2) is 12.1. The Morgan fingerprint density at radius 1 is 0.739 bits per heavy atom. The van der Waals surface area contributed by atoms with Crippen LogP contribution in [-0.2, 0) is 9.59 Å². The average molecular weight is 341 g/mol. The van der Waals surface area contributed by atoms with Crippen LogP contribution in [0.2, 0.25) is 0 Å². The van der Waals surface area contributed by atoms with Crippen LogP contribution < -0.4 is 0 Å². The van der Waals surface area contributed by atoms with E-state index in [4.69, 9.17) is 0 Å². The van der Waals surface area contributed by atoms with Crippen LogP contribution in [0, 0.1) is 10.8 Å². The Labute approximate surface area is 157 Å². The molecule has 23 heavy (non-hydrogen) atoms. The van der Waals surface area contributed by atoms with Gasteiger partial charge in [0.2, 0.25) is 0 Å². The first-order valence-electron chi connectivity index (χ1n) is 8.67. The molecule has 0 amide bonds. The molecule has 4 nitrogen and oxygen atoms in total. The van der Waals surface area contributed by atoms with Gasteiger partial charge in [0, 0.05) is 0 Å². The minimum absolute atomic E-state index is 0. The Morgan fingerprint density at radius 3 is 1.39 bits per heavy atom. The van der Waals surface area contributed by atoms with Gasteiger partial charge in [0.05, 0.1) is 0 Å². The zero-order chi connectivity index (χ0) is 17.2. The van der Waals surface area contributed by atoms with E-state index >= 15 is 0 Å². The van der Waals surface area contributed by atoms with Gasteiger partial charge in [-0.2, -0.15) is 0 Å². The van der Waals surface area contributed by atoms with Crippen molar-refractivity contribution < 1.29 is 19.8 Å². The molecular formula is C18H36MgO4. The molecule has 134 valence electrons. The smallest absolute Gasteiger partial charge is 0.321 e. The van der Waals surface area contributed by atoms with Crippen LogP contribution in [0.1, 0.15) is 91.9 Å². The highest BCUT2D eigenvalue weighted by Gasteiger charge is 2.54. The van der Waals surface area contributed by atoms with Gasteiger partial charge in [-0.3, -0.25) is 9.59 Å². The van der Waals surface area contributed by atoms with Crippen molar-refractivity contribution in [1.82, 2.24) is 0 Å². The van der Waals surface area contributed by atoms with Crippen molar-refractivity contribution >= 4 is 35.0 Å². The maximum Gasteiger partial charge on any atom is 0.321 e. The number of hydrogen-bond acceptors (Lipinski definition) is 2. The van der Waals surface area contributed by atoms with Crippen molar-refractivity contribution in [2.75, 3.05) is 0 Å². The third-order valence-corrected chi connectivity index (χ3v) is 4.67. The number of carbonyl (C=O) groups is 2. The van der Waals surface area contributed by atoms with Crippen molar-refractivity contribution in [3.63, 3.8) is 0 Å². The summed E-state index contributed by atoms with van der Waals surface area (Å²) in [6, 6.07) is 0. The molecule has 2 N–H and O–H groups in total. The molecule has 0 radical (unpaired) electrons. The zero-order valence-corrected chi connectivity index (χ0v) is 14.8. The van der Waals surface area contributed by atoms with Gasteiger partial charge in [0.15, 0.2) is 5.41 Å². The van der Waals surface area contributed by atoms with Gasteiger partial charge in [-0.15, -0.1) is 0 Å². The van der Waals surface area contributed by atoms with Crippen LogP contribution in [0.4, 0.5) is 0 Å². The van der Waals surface area contributed by atoms with Gasteiger partial charge in [-0.05, 0) is 11.8 Å². The van der Waals surface area contributed by atoms with Crippen molar-refractivity contribution in [2.45, 2.75) is 91.9 Å². The monoisotopic (exact) mass is 340 g/mol. The van der Waals surface area contributed by atoms with Gasteiger partial charge in [-0.25, -0.2) is 0 Å². The SMILES string of the molecule is CCCCCCCCCCCC(C(=O)O)(C(=O)O)C(C)(C)C.[MgH2]. The molecular weight excluding hydrogens is 304 g/mol. The standard InChI is InChI=1S/C18H34O4.Mg.2H/c1-5-6-7-8-9-10-11-12-13-14-18(15(19)20,16(21)22)17(2,3)4;;;/h5-14H2,1-4H3,(H,19,20)(H,21,22);;;. The van der Waals surface area contributed by atoms with E-state index in [0.717, 1.165) is 19.3 Å². The lowest BCUT2D eigenvalue weighted by Crippen LogP contribution is -2.49. The first-order valence-corrected chi connectivity index (χ1v) is 8.67. The third-order valence-electron chi connectivity index (χ3n) is 4.67. The number of carboxylic acids is 2. The number of unbranched alkanes of at least 4 members (excludes halogenated alkanes) is 8. The highest BCUT2D eigenvalue weighted by atomic mass is 24.3. The largest absolute Gasteiger partial charge is 0.480 e. The minimum atomic E-state index is -1.69. The molecule has 0 spiro atoms. The molecule has 0 rings (SSSR count). The minimum Gasteiger partial charge on any atom is -0.480 e. The lowest BCUT2D eigenvalue weighted by atomic mass is 9.64. The summed E-state index contributed by atoms with van der Waals surface area (Å²) in [5.41, 5.74) is -2.49. The van der Waals surface area contributed by atoms with E-state index in [1.807, 2.05) is 0 Å². The molecule has 0 aliphatic carbocycles. The lowest BCUT2D eigenvalue weighted by Gasteiger charge is -2.37. The molecule has 5 heteroatoms. The number of aliphatic carboxylic acids is 2. The molecule has 0 saturated carbocycles. The quantitative estimate of drug-likeness (QED) is 0.317. The molecule has 0 aliphatic rings. The lowest BCUT2D eigenvalue weighted by molar-refractivity contribution is -0.174. The van der Waals surface area contributed by atoms with E-state index < -0.39 is 22.8 Å². The summed E-state index contributed by atoms with van der Waals surface area (Å²) in [6.45, 7) is 7.29. The highest BCUT2D eigenvalue weighted by molar-refractivity contribution is 5.99. The van der Waals surface area contributed by atoms with E-state index in [-0.39, 0.29) is 29.5 Å². The molecule has 0 fully saturated rings. The fraction of sp³-hybridized carbons (Fsp3) is 0.889. The molecule has 0 aromatic heterocycles. The molecule has 0 unspecified atom stereocenters. The number of hydrogen-bond donors (Lipinski definition) is 2. The van der Waals surface area contributed by atoms with Crippen molar-refractivity contribution in [3.8, 4) is 0 Å². The van der Waals surface area contributed by atoms with Crippen LogP contribution in [0.5, 0.6) is 0 Å². The Morgan fingerprint density at radius 2 is 1.09 bits per heavy atom. The fourth-order valence-corrected chi connectivity index (χ4v) is 3.02. The summed E-state index contributed by atoms with van der Waals surface area (Å²) >= 11 is 0. The predicted octanol–water partition coefficient (Wildman–Crippen LogP) is 4.19. The predicted molar refractivity (Wildman–Crippen MR) is 97.5 cm³/mol. The summed E-state index contributed by atoms with van der Waals surface area (Å²) in [7, 11) is 0. The van der Waals surface area contributed by atoms with E-state index in [0.29, 0.717) is 6.42 Å². The van der Waals surface area contributed by atoms with E-state index in [1.165, 1.54) is 32.1 Å². The molecule has 0 aromatic carbocycles. The fourth-order valence-electron chi connectivity index (χ4n) is 3.02. The molecule has 0 bridgehead atoms. The Kier molecular flexibility index (Phi) is 13.2. The summed E-state index contributed by atoms with van der Waals surface area (Å²) in [6.07, 6.45) is 10.3. The van der Waals surface area contributed by atoms with E-state index in [9.17, 15) is 19.8 Å².